The molecule has 88 valence electrons. The van der Waals surface area contributed by atoms with Crippen LogP contribution in [0.2, 0.25) is 5.02 Å². The lowest BCUT2D eigenvalue weighted by Crippen LogP contribution is -2.19. The van der Waals surface area contributed by atoms with Gasteiger partial charge in [0.05, 0.1) is 0 Å². The molecule has 0 bridgehead atoms. The van der Waals surface area contributed by atoms with Crippen LogP contribution in [0.4, 0.5) is 5.69 Å². The average Bonchev–Trinajstić information content (AvgIpc) is 2.76. The summed E-state index contributed by atoms with van der Waals surface area (Å²) in [5, 5.41) is 7.21. The Morgan fingerprint density at radius 2 is 2.35 bits per heavy atom. The van der Waals surface area contributed by atoms with E-state index in [1.807, 2.05) is 13.0 Å². The van der Waals surface area contributed by atoms with Crippen LogP contribution in [0.1, 0.15) is 5.56 Å². The van der Waals surface area contributed by atoms with Crippen LogP contribution < -0.4 is 5.32 Å². The standard InChI is InChI=1S/C11H11ClN4O/c1-8-2-3-9(4-10(8)12)15-11(17)5-16-7-13-6-14-16/h2-4,6-7H,5H2,1H3,(H,15,17). The third-order valence-electron chi connectivity index (χ3n) is 2.23. The number of carbonyl (C=O) groups is 1. The number of aromatic nitrogens is 3. The molecule has 17 heavy (non-hydrogen) atoms. The predicted molar refractivity (Wildman–Crippen MR) is 64.8 cm³/mol. The molecule has 0 saturated heterocycles. The van der Waals surface area contributed by atoms with Gasteiger partial charge in [0.1, 0.15) is 19.2 Å². The number of carbonyl (C=O) groups excluding carboxylic acids is 1. The van der Waals surface area contributed by atoms with E-state index >= 15 is 0 Å². The maximum absolute atomic E-state index is 11.6. The number of aryl methyl sites for hydroxylation is 1. The Hall–Kier alpha value is -1.88. The van der Waals surface area contributed by atoms with Gasteiger partial charge >= 0.3 is 0 Å². The van der Waals surface area contributed by atoms with Crippen LogP contribution >= 0.6 is 11.6 Å². The molecular weight excluding hydrogens is 240 g/mol. The molecule has 1 amide bonds. The van der Waals surface area contributed by atoms with Crippen molar-refractivity contribution in [2.45, 2.75) is 13.5 Å². The summed E-state index contributed by atoms with van der Waals surface area (Å²) in [4.78, 5) is 15.4. The summed E-state index contributed by atoms with van der Waals surface area (Å²) in [6.45, 7) is 2.04. The number of nitrogens with one attached hydrogen (secondary N) is 1. The second-order valence-corrected chi connectivity index (χ2v) is 4.01. The Kier molecular flexibility index (Phi) is 3.39. The van der Waals surface area contributed by atoms with Gasteiger partial charge in [-0.05, 0) is 24.6 Å². The van der Waals surface area contributed by atoms with Crippen molar-refractivity contribution < 1.29 is 4.79 Å². The molecule has 1 aromatic carbocycles. The molecule has 0 aliphatic carbocycles. The molecule has 5 nitrogen and oxygen atoms in total. The van der Waals surface area contributed by atoms with Gasteiger partial charge in [-0.2, -0.15) is 5.10 Å². The lowest BCUT2D eigenvalue weighted by molar-refractivity contribution is -0.116. The average molecular weight is 251 g/mol. The molecule has 0 fully saturated rings. The monoisotopic (exact) mass is 250 g/mol. The van der Waals surface area contributed by atoms with Crippen LogP contribution in [0.15, 0.2) is 30.9 Å². The van der Waals surface area contributed by atoms with Crippen molar-refractivity contribution >= 4 is 23.2 Å². The van der Waals surface area contributed by atoms with E-state index < -0.39 is 0 Å². The molecule has 0 saturated carbocycles. The third-order valence-corrected chi connectivity index (χ3v) is 2.63. The number of anilines is 1. The zero-order chi connectivity index (χ0) is 12.3. The van der Waals surface area contributed by atoms with Gasteiger partial charge in [-0.3, -0.25) is 4.79 Å². The lowest BCUT2D eigenvalue weighted by Gasteiger charge is -2.06. The summed E-state index contributed by atoms with van der Waals surface area (Å²) in [6, 6.07) is 5.38. The van der Waals surface area contributed by atoms with Crippen LogP contribution in [0.3, 0.4) is 0 Å². The molecule has 0 atom stereocenters. The number of hydrogen-bond acceptors (Lipinski definition) is 3. The Balaban J connectivity index is 2.00. The molecule has 0 aliphatic rings. The number of halogens is 1. The van der Waals surface area contributed by atoms with Crippen LogP contribution in [0.25, 0.3) is 0 Å². The molecule has 0 aliphatic heterocycles. The topological polar surface area (TPSA) is 59.8 Å². The second kappa shape index (κ2) is 4.97. The summed E-state index contributed by atoms with van der Waals surface area (Å²) in [7, 11) is 0. The minimum absolute atomic E-state index is 0.130. The fourth-order valence-electron chi connectivity index (χ4n) is 1.33. The van der Waals surface area contributed by atoms with Gasteiger partial charge in [-0.1, -0.05) is 17.7 Å². The minimum atomic E-state index is -0.171. The zero-order valence-corrected chi connectivity index (χ0v) is 9.98. The van der Waals surface area contributed by atoms with Crippen LogP contribution in [0, 0.1) is 6.92 Å². The van der Waals surface area contributed by atoms with E-state index in [1.54, 1.807) is 12.1 Å². The Labute approximate surface area is 103 Å². The smallest absolute Gasteiger partial charge is 0.246 e. The summed E-state index contributed by atoms with van der Waals surface area (Å²) < 4.78 is 1.45. The van der Waals surface area contributed by atoms with E-state index in [9.17, 15) is 4.79 Å². The summed E-state index contributed by atoms with van der Waals surface area (Å²) in [5.41, 5.74) is 1.65. The third kappa shape index (κ3) is 3.04. The highest BCUT2D eigenvalue weighted by atomic mass is 35.5. The predicted octanol–water partition coefficient (Wildman–Crippen LogP) is 1.88. The van der Waals surface area contributed by atoms with Crippen LogP contribution in [-0.2, 0) is 11.3 Å². The Morgan fingerprint density at radius 3 is 3.00 bits per heavy atom. The van der Waals surface area contributed by atoms with Crippen LogP contribution in [-0.4, -0.2) is 20.7 Å². The van der Waals surface area contributed by atoms with E-state index in [4.69, 9.17) is 11.6 Å². The molecule has 1 aromatic heterocycles. The Bertz CT molecular complexity index is 524. The highest BCUT2D eigenvalue weighted by molar-refractivity contribution is 6.31. The van der Waals surface area contributed by atoms with Gasteiger partial charge in [-0.25, -0.2) is 9.67 Å². The Morgan fingerprint density at radius 1 is 1.53 bits per heavy atom. The van der Waals surface area contributed by atoms with Gasteiger partial charge in [0.2, 0.25) is 5.91 Å². The largest absolute Gasteiger partial charge is 0.324 e. The molecule has 0 unspecified atom stereocenters. The zero-order valence-electron chi connectivity index (χ0n) is 9.22. The van der Waals surface area contributed by atoms with Crippen molar-refractivity contribution in [1.82, 2.24) is 14.8 Å². The highest BCUT2D eigenvalue weighted by Crippen LogP contribution is 2.19. The van der Waals surface area contributed by atoms with Crippen molar-refractivity contribution in [2.75, 3.05) is 5.32 Å². The van der Waals surface area contributed by atoms with Crippen molar-refractivity contribution in [3.63, 3.8) is 0 Å². The number of amides is 1. The molecule has 2 aromatic rings. The van der Waals surface area contributed by atoms with Crippen molar-refractivity contribution in [3.8, 4) is 0 Å². The van der Waals surface area contributed by atoms with Crippen molar-refractivity contribution in [2.24, 2.45) is 0 Å². The van der Waals surface area contributed by atoms with Gasteiger partial charge in [0, 0.05) is 10.7 Å². The molecule has 0 radical (unpaired) electrons. The van der Waals surface area contributed by atoms with E-state index in [0.717, 1.165) is 5.56 Å². The maximum Gasteiger partial charge on any atom is 0.246 e. The number of benzene rings is 1. The molecule has 6 heteroatoms. The molecule has 0 spiro atoms. The van der Waals surface area contributed by atoms with Gasteiger partial charge < -0.3 is 5.32 Å². The van der Waals surface area contributed by atoms with E-state index in [2.05, 4.69) is 15.4 Å². The first kappa shape index (κ1) is 11.6. The van der Waals surface area contributed by atoms with Gasteiger partial charge in [0.15, 0.2) is 0 Å². The minimum Gasteiger partial charge on any atom is -0.324 e. The first-order valence-corrected chi connectivity index (χ1v) is 5.41. The fourth-order valence-corrected chi connectivity index (χ4v) is 1.51. The summed E-state index contributed by atoms with van der Waals surface area (Å²) >= 11 is 5.96. The molecule has 2 rings (SSSR count). The number of rotatable bonds is 3. The number of hydrogen-bond donors (Lipinski definition) is 1. The SMILES string of the molecule is Cc1ccc(NC(=O)Cn2cncn2)cc1Cl. The second-order valence-electron chi connectivity index (χ2n) is 3.61. The summed E-state index contributed by atoms with van der Waals surface area (Å²) in [5.74, 6) is -0.171. The van der Waals surface area contributed by atoms with Crippen molar-refractivity contribution in [3.05, 3.63) is 41.4 Å². The van der Waals surface area contributed by atoms with E-state index in [-0.39, 0.29) is 12.5 Å². The van der Waals surface area contributed by atoms with Crippen LogP contribution in [0.5, 0.6) is 0 Å². The van der Waals surface area contributed by atoms with E-state index in [0.29, 0.717) is 10.7 Å². The molecule has 1 N–H and O–H groups in total. The lowest BCUT2D eigenvalue weighted by atomic mass is 10.2. The highest BCUT2D eigenvalue weighted by Gasteiger charge is 2.05. The van der Waals surface area contributed by atoms with Gasteiger partial charge in [-0.15, -0.1) is 0 Å². The summed E-state index contributed by atoms with van der Waals surface area (Å²) in [6.07, 6.45) is 2.87. The first-order chi connectivity index (χ1) is 8.15. The molecule has 1 heterocycles. The molecular formula is C11H11ClN4O. The quantitative estimate of drug-likeness (QED) is 0.905. The first-order valence-electron chi connectivity index (χ1n) is 5.03. The van der Waals surface area contributed by atoms with Gasteiger partial charge in [0.25, 0.3) is 0 Å². The number of nitrogens with zero attached hydrogens (tertiary/aromatic N) is 3. The fraction of sp³-hybridized carbons (Fsp3) is 0.182. The van der Waals surface area contributed by atoms with Crippen molar-refractivity contribution in [1.29, 1.82) is 0 Å². The maximum atomic E-state index is 11.6. The normalized spacial score (nSPS) is 10.2. The van der Waals surface area contributed by atoms with E-state index in [1.165, 1.54) is 17.3 Å².